The summed E-state index contributed by atoms with van der Waals surface area (Å²) in [7, 11) is 1.68. The quantitative estimate of drug-likeness (QED) is 0.893. The van der Waals surface area contributed by atoms with Gasteiger partial charge in [0.25, 0.3) is 0 Å². The van der Waals surface area contributed by atoms with Gasteiger partial charge in [-0.15, -0.1) is 0 Å². The zero-order valence-electron chi connectivity index (χ0n) is 12.1. The molecular weight excluding hydrogens is 320 g/mol. The molecule has 4 nitrogen and oxygen atoms in total. The maximum Gasteiger partial charge on any atom is 0.133 e. The molecule has 1 saturated heterocycles. The van der Waals surface area contributed by atoms with Crippen LogP contribution in [0.5, 0.6) is 5.75 Å². The van der Waals surface area contributed by atoms with Gasteiger partial charge in [0.05, 0.1) is 30.3 Å². The van der Waals surface area contributed by atoms with Crippen LogP contribution in [0.4, 0.5) is 0 Å². The summed E-state index contributed by atoms with van der Waals surface area (Å²) in [5, 5.41) is 0. The first-order valence-electron chi connectivity index (χ1n) is 7.10. The highest BCUT2D eigenvalue weighted by atomic mass is 79.9. The molecule has 0 aromatic heterocycles. The number of hydrogen-bond acceptors (Lipinski definition) is 4. The van der Waals surface area contributed by atoms with Gasteiger partial charge in [0.15, 0.2) is 0 Å². The SMILES string of the molecule is CCCN1CCOC(CN)C1c1ccc(OC)c(Br)c1. The maximum atomic E-state index is 5.90. The van der Waals surface area contributed by atoms with Crippen molar-refractivity contribution in [2.24, 2.45) is 5.73 Å². The minimum atomic E-state index is 0.0515. The molecule has 5 heteroatoms. The predicted molar refractivity (Wildman–Crippen MR) is 84.1 cm³/mol. The molecular formula is C15H23BrN2O2. The van der Waals surface area contributed by atoms with Crippen LogP contribution < -0.4 is 10.5 Å². The number of halogens is 1. The van der Waals surface area contributed by atoms with Gasteiger partial charge in [0.1, 0.15) is 5.75 Å². The molecule has 0 aliphatic carbocycles. The lowest BCUT2D eigenvalue weighted by Crippen LogP contribution is -2.48. The number of nitrogens with two attached hydrogens (primary N) is 1. The van der Waals surface area contributed by atoms with E-state index in [1.165, 1.54) is 5.56 Å². The van der Waals surface area contributed by atoms with Gasteiger partial charge in [-0.05, 0) is 46.6 Å². The van der Waals surface area contributed by atoms with Gasteiger partial charge in [0.2, 0.25) is 0 Å². The monoisotopic (exact) mass is 342 g/mol. The van der Waals surface area contributed by atoms with Gasteiger partial charge >= 0.3 is 0 Å². The van der Waals surface area contributed by atoms with E-state index in [1.807, 2.05) is 6.07 Å². The van der Waals surface area contributed by atoms with Crippen LogP contribution in [0.3, 0.4) is 0 Å². The number of nitrogens with zero attached hydrogens (tertiary/aromatic N) is 1. The summed E-state index contributed by atoms with van der Waals surface area (Å²) in [5.74, 6) is 0.844. The first kappa shape index (κ1) is 15.8. The van der Waals surface area contributed by atoms with Crippen molar-refractivity contribution in [3.05, 3.63) is 28.2 Å². The maximum absolute atomic E-state index is 5.90. The molecule has 0 spiro atoms. The summed E-state index contributed by atoms with van der Waals surface area (Å²) in [6.07, 6.45) is 1.18. The molecule has 2 N–H and O–H groups in total. The molecule has 0 saturated carbocycles. The van der Waals surface area contributed by atoms with Crippen LogP contribution in [0.1, 0.15) is 24.9 Å². The molecule has 1 heterocycles. The van der Waals surface area contributed by atoms with E-state index in [4.69, 9.17) is 15.2 Å². The fraction of sp³-hybridized carbons (Fsp3) is 0.600. The standard InChI is InChI=1S/C15H23BrN2O2/c1-3-6-18-7-8-20-14(10-17)15(18)11-4-5-13(19-2)12(16)9-11/h4-5,9,14-15H,3,6-8,10,17H2,1-2H3. The molecule has 20 heavy (non-hydrogen) atoms. The first-order valence-corrected chi connectivity index (χ1v) is 7.89. The predicted octanol–water partition coefficient (Wildman–Crippen LogP) is 2.57. The fourth-order valence-corrected chi connectivity index (χ4v) is 3.37. The molecule has 2 atom stereocenters. The lowest BCUT2D eigenvalue weighted by atomic mass is 9.97. The third-order valence-electron chi connectivity index (χ3n) is 3.72. The van der Waals surface area contributed by atoms with E-state index in [0.29, 0.717) is 6.54 Å². The largest absolute Gasteiger partial charge is 0.496 e. The normalized spacial score (nSPS) is 23.8. The number of benzene rings is 1. The summed E-state index contributed by atoms with van der Waals surface area (Å²) in [6.45, 7) is 5.52. The Bertz CT molecular complexity index is 440. The average Bonchev–Trinajstić information content (AvgIpc) is 2.47. The van der Waals surface area contributed by atoms with Gasteiger partial charge in [0, 0.05) is 13.1 Å². The molecule has 2 unspecified atom stereocenters. The van der Waals surface area contributed by atoms with Crippen LogP contribution in [0.2, 0.25) is 0 Å². The van der Waals surface area contributed by atoms with E-state index in [2.05, 4.69) is 39.9 Å². The van der Waals surface area contributed by atoms with E-state index in [-0.39, 0.29) is 12.1 Å². The molecule has 2 rings (SSSR count). The summed E-state index contributed by atoms with van der Waals surface area (Å²) in [5.41, 5.74) is 7.12. The topological polar surface area (TPSA) is 47.7 Å². The van der Waals surface area contributed by atoms with Crippen molar-refractivity contribution in [3.8, 4) is 5.75 Å². The van der Waals surface area contributed by atoms with Gasteiger partial charge in [-0.1, -0.05) is 13.0 Å². The van der Waals surface area contributed by atoms with Crippen LogP contribution in [-0.2, 0) is 4.74 Å². The average molecular weight is 343 g/mol. The number of ether oxygens (including phenoxy) is 2. The second-order valence-corrected chi connectivity index (χ2v) is 5.87. The van der Waals surface area contributed by atoms with Crippen molar-refractivity contribution in [3.63, 3.8) is 0 Å². The van der Waals surface area contributed by atoms with Crippen molar-refractivity contribution >= 4 is 15.9 Å². The summed E-state index contributed by atoms with van der Waals surface area (Å²) < 4.78 is 12.1. The van der Waals surface area contributed by atoms with E-state index < -0.39 is 0 Å². The summed E-state index contributed by atoms with van der Waals surface area (Å²) in [4.78, 5) is 2.47. The zero-order valence-corrected chi connectivity index (χ0v) is 13.7. The van der Waals surface area contributed by atoms with Gasteiger partial charge in [-0.25, -0.2) is 0 Å². The van der Waals surface area contributed by atoms with Crippen molar-refractivity contribution < 1.29 is 9.47 Å². The van der Waals surface area contributed by atoms with E-state index in [1.54, 1.807) is 7.11 Å². The third kappa shape index (κ3) is 3.34. The second kappa shape index (κ2) is 7.41. The number of morpholine rings is 1. The van der Waals surface area contributed by atoms with E-state index >= 15 is 0 Å². The van der Waals surface area contributed by atoms with Crippen molar-refractivity contribution in [2.45, 2.75) is 25.5 Å². The Morgan fingerprint density at radius 3 is 2.90 bits per heavy atom. The summed E-state index contributed by atoms with van der Waals surface area (Å²) in [6, 6.07) is 6.43. The Balaban J connectivity index is 2.30. The number of rotatable bonds is 5. The molecule has 0 amide bonds. The van der Waals surface area contributed by atoms with Gasteiger partial charge < -0.3 is 15.2 Å². The van der Waals surface area contributed by atoms with Crippen LogP contribution in [0.15, 0.2) is 22.7 Å². The Labute approximate surface area is 129 Å². The highest BCUT2D eigenvalue weighted by molar-refractivity contribution is 9.10. The van der Waals surface area contributed by atoms with Crippen LogP contribution in [0, 0.1) is 0 Å². The molecule has 1 aliphatic rings. The highest BCUT2D eigenvalue weighted by Gasteiger charge is 2.32. The van der Waals surface area contributed by atoms with E-state index in [0.717, 1.165) is 36.3 Å². The van der Waals surface area contributed by atoms with E-state index in [9.17, 15) is 0 Å². The minimum Gasteiger partial charge on any atom is -0.496 e. The first-order chi connectivity index (χ1) is 9.71. The Kier molecular flexibility index (Phi) is 5.84. The fourth-order valence-electron chi connectivity index (χ4n) is 2.81. The Morgan fingerprint density at radius 1 is 1.50 bits per heavy atom. The highest BCUT2D eigenvalue weighted by Crippen LogP contribution is 2.34. The zero-order chi connectivity index (χ0) is 14.5. The molecule has 1 fully saturated rings. The molecule has 1 aromatic carbocycles. The van der Waals surface area contributed by atoms with Crippen LogP contribution >= 0.6 is 15.9 Å². The van der Waals surface area contributed by atoms with Crippen molar-refractivity contribution in [1.82, 2.24) is 4.90 Å². The van der Waals surface area contributed by atoms with Gasteiger partial charge in [-0.2, -0.15) is 0 Å². The number of methoxy groups -OCH3 is 1. The molecule has 0 radical (unpaired) electrons. The van der Waals surface area contributed by atoms with Crippen LogP contribution in [0.25, 0.3) is 0 Å². The molecule has 112 valence electrons. The van der Waals surface area contributed by atoms with Gasteiger partial charge in [-0.3, -0.25) is 4.90 Å². The smallest absolute Gasteiger partial charge is 0.133 e. The summed E-state index contributed by atoms with van der Waals surface area (Å²) >= 11 is 3.56. The van der Waals surface area contributed by atoms with Crippen molar-refractivity contribution in [2.75, 3.05) is 33.4 Å². The van der Waals surface area contributed by atoms with Crippen LogP contribution in [-0.4, -0.2) is 44.4 Å². The lowest BCUT2D eigenvalue weighted by Gasteiger charge is -2.41. The molecule has 0 bridgehead atoms. The molecule has 1 aromatic rings. The minimum absolute atomic E-state index is 0.0515. The lowest BCUT2D eigenvalue weighted by molar-refractivity contribution is -0.0676. The Hall–Kier alpha value is -0.620. The second-order valence-electron chi connectivity index (χ2n) is 5.02. The van der Waals surface area contributed by atoms with Crippen molar-refractivity contribution in [1.29, 1.82) is 0 Å². The Morgan fingerprint density at radius 2 is 2.30 bits per heavy atom. The molecule has 1 aliphatic heterocycles. The third-order valence-corrected chi connectivity index (χ3v) is 4.34. The number of hydrogen-bond donors (Lipinski definition) is 1.